The van der Waals surface area contributed by atoms with Gasteiger partial charge in [-0.3, -0.25) is 14.9 Å². The van der Waals surface area contributed by atoms with Crippen molar-refractivity contribution in [3.8, 4) is 5.75 Å². The number of aromatic hydroxyl groups is 1. The van der Waals surface area contributed by atoms with Crippen molar-refractivity contribution in [1.82, 2.24) is 5.32 Å². The van der Waals surface area contributed by atoms with Gasteiger partial charge in [-0.25, -0.2) is 0 Å². The average Bonchev–Trinajstić information content (AvgIpc) is 2.28. The van der Waals surface area contributed by atoms with Crippen molar-refractivity contribution >= 4 is 11.6 Å². The summed E-state index contributed by atoms with van der Waals surface area (Å²) in [6.45, 7) is 2.55. The number of nitro benzene ring substituents is 1. The smallest absolute Gasteiger partial charge is 0.310 e. The largest absolute Gasteiger partial charge is 0.502 e. The van der Waals surface area contributed by atoms with Crippen LogP contribution in [0.4, 0.5) is 5.69 Å². The Hall–Kier alpha value is -2.11. The minimum absolute atomic E-state index is 0.212. The van der Waals surface area contributed by atoms with Crippen LogP contribution in [0.15, 0.2) is 18.2 Å². The van der Waals surface area contributed by atoms with Gasteiger partial charge in [0.2, 0.25) is 0 Å². The Morgan fingerprint density at radius 1 is 1.53 bits per heavy atom. The highest BCUT2D eigenvalue weighted by Crippen LogP contribution is 2.26. The fourth-order valence-electron chi connectivity index (χ4n) is 1.30. The molecule has 17 heavy (non-hydrogen) atoms. The van der Waals surface area contributed by atoms with E-state index in [0.29, 0.717) is 6.54 Å². The minimum Gasteiger partial charge on any atom is -0.502 e. The predicted molar refractivity (Wildman–Crippen MR) is 62.0 cm³/mol. The van der Waals surface area contributed by atoms with Crippen LogP contribution in [-0.2, 0) is 0 Å². The summed E-state index contributed by atoms with van der Waals surface area (Å²) in [5.41, 5.74) is -0.195. The van der Waals surface area contributed by atoms with E-state index < -0.39 is 16.4 Å². The molecular formula is C11H14N2O4. The highest BCUT2D eigenvalue weighted by Gasteiger charge is 2.15. The third-order valence-electron chi connectivity index (χ3n) is 2.25. The van der Waals surface area contributed by atoms with Gasteiger partial charge in [-0.05, 0) is 18.6 Å². The fraction of sp³-hybridized carbons (Fsp3) is 0.364. The van der Waals surface area contributed by atoms with Crippen LogP contribution in [0.5, 0.6) is 5.75 Å². The molecule has 0 aromatic heterocycles. The second-order valence-electron chi connectivity index (χ2n) is 3.57. The first-order chi connectivity index (χ1) is 8.06. The molecule has 1 amide bonds. The van der Waals surface area contributed by atoms with E-state index in [1.807, 2.05) is 6.92 Å². The van der Waals surface area contributed by atoms with Crippen LogP contribution in [0.3, 0.4) is 0 Å². The Kier molecular flexibility index (Phi) is 4.45. The van der Waals surface area contributed by atoms with Crippen molar-refractivity contribution in [2.45, 2.75) is 19.8 Å². The summed E-state index contributed by atoms with van der Waals surface area (Å²) in [5.74, 6) is -0.846. The van der Waals surface area contributed by atoms with Crippen molar-refractivity contribution < 1.29 is 14.8 Å². The minimum atomic E-state index is -0.700. The Labute approximate surface area is 98.4 Å². The van der Waals surface area contributed by atoms with E-state index in [1.54, 1.807) is 0 Å². The zero-order chi connectivity index (χ0) is 12.8. The number of amides is 1. The van der Waals surface area contributed by atoms with Gasteiger partial charge in [0.15, 0.2) is 5.75 Å². The lowest BCUT2D eigenvalue weighted by molar-refractivity contribution is -0.385. The van der Waals surface area contributed by atoms with Gasteiger partial charge in [0.1, 0.15) is 0 Å². The first kappa shape index (κ1) is 13.0. The predicted octanol–water partition coefficient (Wildman–Crippen LogP) is 1.83. The molecule has 1 aromatic carbocycles. The molecule has 0 heterocycles. The summed E-state index contributed by atoms with van der Waals surface area (Å²) in [4.78, 5) is 21.3. The normalized spacial score (nSPS) is 9.94. The Morgan fingerprint density at radius 3 is 2.76 bits per heavy atom. The van der Waals surface area contributed by atoms with Crippen LogP contribution in [-0.4, -0.2) is 22.5 Å². The summed E-state index contributed by atoms with van der Waals surface area (Å²) in [5, 5.41) is 22.5. The maximum absolute atomic E-state index is 11.6. The second-order valence-corrected chi connectivity index (χ2v) is 3.57. The van der Waals surface area contributed by atoms with Crippen LogP contribution in [0.25, 0.3) is 0 Å². The van der Waals surface area contributed by atoms with Crippen LogP contribution in [0, 0.1) is 10.1 Å². The number of carbonyl (C=O) groups is 1. The molecule has 0 aliphatic rings. The van der Waals surface area contributed by atoms with E-state index >= 15 is 0 Å². The van der Waals surface area contributed by atoms with Gasteiger partial charge in [0, 0.05) is 18.2 Å². The van der Waals surface area contributed by atoms with Crippen LogP contribution in [0.1, 0.15) is 30.1 Å². The highest BCUT2D eigenvalue weighted by atomic mass is 16.6. The Bertz CT molecular complexity index is 431. The van der Waals surface area contributed by atoms with E-state index in [-0.39, 0.29) is 11.5 Å². The van der Waals surface area contributed by atoms with Crippen molar-refractivity contribution in [3.05, 3.63) is 33.9 Å². The summed E-state index contributed by atoms with van der Waals surface area (Å²) in [6.07, 6.45) is 1.83. The number of nitrogens with one attached hydrogen (secondary N) is 1. The number of phenolic OH excluding ortho intramolecular Hbond substituents is 1. The molecule has 1 rings (SSSR count). The molecule has 0 aliphatic carbocycles. The molecule has 0 saturated heterocycles. The zero-order valence-electron chi connectivity index (χ0n) is 9.47. The number of hydrogen-bond donors (Lipinski definition) is 2. The summed E-state index contributed by atoms with van der Waals surface area (Å²) >= 11 is 0. The van der Waals surface area contributed by atoms with Crippen molar-refractivity contribution in [3.63, 3.8) is 0 Å². The first-order valence-corrected chi connectivity index (χ1v) is 5.32. The van der Waals surface area contributed by atoms with Gasteiger partial charge in [0.25, 0.3) is 5.91 Å². The monoisotopic (exact) mass is 238 g/mol. The van der Waals surface area contributed by atoms with E-state index in [4.69, 9.17) is 0 Å². The molecule has 1 aromatic rings. The molecule has 0 unspecified atom stereocenters. The molecule has 0 spiro atoms. The molecule has 0 atom stereocenters. The number of benzene rings is 1. The topological polar surface area (TPSA) is 92.5 Å². The SMILES string of the molecule is CCCCNC(=O)c1ccc([N+](=O)[O-])c(O)c1. The summed E-state index contributed by atoms with van der Waals surface area (Å²) < 4.78 is 0. The van der Waals surface area contributed by atoms with Gasteiger partial charge < -0.3 is 10.4 Å². The third kappa shape index (κ3) is 3.44. The third-order valence-corrected chi connectivity index (χ3v) is 2.25. The number of rotatable bonds is 5. The first-order valence-electron chi connectivity index (χ1n) is 5.32. The molecule has 2 N–H and O–H groups in total. The van der Waals surface area contributed by atoms with Gasteiger partial charge in [-0.2, -0.15) is 0 Å². The van der Waals surface area contributed by atoms with Crippen LogP contribution < -0.4 is 5.32 Å². The Morgan fingerprint density at radius 2 is 2.24 bits per heavy atom. The molecule has 0 bridgehead atoms. The lowest BCUT2D eigenvalue weighted by Crippen LogP contribution is -2.24. The lowest BCUT2D eigenvalue weighted by Gasteiger charge is -2.04. The number of nitrogens with zero attached hydrogens (tertiary/aromatic N) is 1. The van der Waals surface area contributed by atoms with Crippen molar-refractivity contribution in [1.29, 1.82) is 0 Å². The lowest BCUT2D eigenvalue weighted by atomic mass is 10.1. The maximum atomic E-state index is 11.6. The zero-order valence-corrected chi connectivity index (χ0v) is 9.47. The van der Waals surface area contributed by atoms with Crippen molar-refractivity contribution in [2.24, 2.45) is 0 Å². The number of phenols is 1. The molecule has 6 heteroatoms. The standard InChI is InChI=1S/C11H14N2O4/c1-2-3-6-12-11(15)8-4-5-9(13(16)17)10(14)7-8/h4-5,7,14H,2-3,6H2,1H3,(H,12,15). The van der Waals surface area contributed by atoms with Gasteiger partial charge in [-0.15, -0.1) is 0 Å². The average molecular weight is 238 g/mol. The molecule has 0 radical (unpaired) electrons. The van der Waals surface area contributed by atoms with E-state index in [9.17, 15) is 20.0 Å². The van der Waals surface area contributed by atoms with Gasteiger partial charge in [0.05, 0.1) is 4.92 Å². The van der Waals surface area contributed by atoms with Gasteiger partial charge >= 0.3 is 5.69 Å². The van der Waals surface area contributed by atoms with Gasteiger partial charge in [-0.1, -0.05) is 13.3 Å². The maximum Gasteiger partial charge on any atom is 0.310 e. The molecule has 92 valence electrons. The number of carbonyl (C=O) groups excluding carboxylic acids is 1. The summed E-state index contributed by atoms with van der Waals surface area (Å²) in [6, 6.07) is 3.53. The van der Waals surface area contributed by atoms with E-state index in [2.05, 4.69) is 5.32 Å². The molecule has 0 saturated carbocycles. The fourth-order valence-corrected chi connectivity index (χ4v) is 1.30. The number of hydrogen-bond acceptors (Lipinski definition) is 4. The quantitative estimate of drug-likeness (QED) is 0.465. The van der Waals surface area contributed by atoms with Crippen molar-refractivity contribution in [2.75, 3.05) is 6.54 Å². The number of nitro groups is 1. The van der Waals surface area contributed by atoms with Crippen LogP contribution in [0.2, 0.25) is 0 Å². The van der Waals surface area contributed by atoms with E-state index in [1.165, 1.54) is 6.07 Å². The number of unbranched alkanes of at least 4 members (excludes halogenated alkanes) is 1. The Balaban J connectivity index is 2.76. The molecular weight excluding hydrogens is 224 g/mol. The highest BCUT2D eigenvalue weighted by molar-refractivity contribution is 5.94. The molecule has 6 nitrogen and oxygen atoms in total. The molecule has 0 aliphatic heterocycles. The van der Waals surface area contributed by atoms with E-state index in [0.717, 1.165) is 25.0 Å². The molecule has 0 fully saturated rings. The van der Waals surface area contributed by atoms with Crippen LogP contribution >= 0.6 is 0 Å². The second kappa shape index (κ2) is 5.83. The summed E-state index contributed by atoms with van der Waals surface area (Å²) in [7, 11) is 0.